The second kappa shape index (κ2) is 3.14. The second-order valence-corrected chi connectivity index (χ2v) is 4.71. The van der Waals surface area contributed by atoms with E-state index >= 15 is 0 Å². The largest absolute Gasteiger partial charge is 0.478 e. The second-order valence-electron chi connectivity index (χ2n) is 4.71. The van der Waals surface area contributed by atoms with Gasteiger partial charge in [0.2, 0.25) is 5.90 Å². The van der Waals surface area contributed by atoms with Gasteiger partial charge < -0.3 is 9.57 Å². The number of hydrogen-bond donors (Lipinski definition) is 0. The normalized spacial score (nSPS) is 43.4. The SMILES string of the molecule is CCCOC1=NOC2C3CCC(C3)C12. The lowest BCUT2D eigenvalue weighted by atomic mass is 9.87. The van der Waals surface area contributed by atoms with Crippen LogP contribution in [-0.4, -0.2) is 18.6 Å². The fourth-order valence-corrected chi connectivity index (χ4v) is 3.24. The van der Waals surface area contributed by atoms with Crippen LogP contribution in [0, 0.1) is 17.8 Å². The summed E-state index contributed by atoms with van der Waals surface area (Å²) in [6.45, 7) is 2.90. The number of ether oxygens (including phenoxy) is 1. The highest BCUT2D eigenvalue weighted by atomic mass is 16.7. The molecule has 2 fully saturated rings. The third-order valence-electron chi connectivity index (χ3n) is 3.84. The van der Waals surface area contributed by atoms with Crippen molar-refractivity contribution in [3.63, 3.8) is 0 Å². The monoisotopic (exact) mass is 195 g/mol. The van der Waals surface area contributed by atoms with E-state index in [1.807, 2.05) is 0 Å². The van der Waals surface area contributed by atoms with Gasteiger partial charge in [0.25, 0.3) is 0 Å². The van der Waals surface area contributed by atoms with Crippen molar-refractivity contribution in [1.82, 2.24) is 0 Å². The molecule has 3 rings (SSSR count). The molecule has 0 amide bonds. The summed E-state index contributed by atoms with van der Waals surface area (Å²) < 4.78 is 5.64. The number of oxime groups is 1. The summed E-state index contributed by atoms with van der Waals surface area (Å²) in [5, 5.41) is 4.09. The Labute approximate surface area is 84.4 Å². The summed E-state index contributed by atoms with van der Waals surface area (Å²) in [4.78, 5) is 5.48. The first-order chi connectivity index (χ1) is 6.90. The molecule has 0 saturated heterocycles. The predicted molar refractivity (Wildman–Crippen MR) is 52.9 cm³/mol. The maximum Gasteiger partial charge on any atom is 0.232 e. The van der Waals surface area contributed by atoms with Gasteiger partial charge in [0.15, 0.2) is 0 Å². The Kier molecular flexibility index (Phi) is 1.92. The Bertz CT molecular complexity index is 264. The highest BCUT2D eigenvalue weighted by Gasteiger charge is 2.55. The molecule has 0 spiro atoms. The van der Waals surface area contributed by atoms with E-state index < -0.39 is 0 Å². The van der Waals surface area contributed by atoms with E-state index in [1.165, 1.54) is 19.3 Å². The van der Waals surface area contributed by atoms with Crippen molar-refractivity contribution in [2.75, 3.05) is 6.61 Å². The average Bonchev–Trinajstić information content (AvgIpc) is 2.87. The molecule has 1 aliphatic heterocycles. The van der Waals surface area contributed by atoms with Crippen LogP contribution < -0.4 is 0 Å². The van der Waals surface area contributed by atoms with Crippen molar-refractivity contribution in [3.8, 4) is 0 Å². The lowest BCUT2D eigenvalue weighted by Gasteiger charge is -2.22. The molecule has 2 bridgehead atoms. The zero-order valence-corrected chi connectivity index (χ0v) is 8.61. The highest BCUT2D eigenvalue weighted by Crippen LogP contribution is 2.52. The summed E-state index contributed by atoms with van der Waals surface area (Å²) in [6, 6.07) is 0. The zero-order chi connectivity index (χ0) is 9.54. The van der Waals surface area contributed by atoms with Crippen molar-refractivity contribution in [2.45, 2.75) is 38.7 Å². The molecule has 4 unspecified atom stereocenters. The predicted octanol–water partition coefficient (Wildman–Crippen LogP) is 2.17. The van der Waals surface area contributed by atoms with Gasteiger partial charge in [-0.2, -0.15) is 0 Å². The molecule has 3 aliphatic rings. The first kappa shape index (κ1) is 8.57. The average molecular weight is 195 g/mol. The van der Waals surface area contributed by atoms with Crippen molar-refractivity contribution >= 4 is 5.90 Å². The number of fused-ring (bicyclic) bond motifs is 5. The molecule has 2 aliphatic carbocycles. The van der Waals surface area contributed by atoms with Gasteiger partial charge in [0.05, 0.1) is 12.5 Å². The molecular weight excluding hydrogens is 178 g/mol. The lowest BCUT2D eigenvalue weighted by Crippen LogP contribution is -2.30. The Hall–Kier alpha value is -0.730. The minimum absolute atomic E-state index is 0.362. The summed E-state index contributed by atoms with van der Waals surface area (Å²) >= 11 is 0. The molecule has 0 N–H and O–H groups in total. The van der Waals surface area contributed by atoms with Gasteiger partial charge in [-0.25, -0.2) is 0 Å². The van der Waals surface area contributed by atoms with Crippen LogP contribution >= 0.6 is 0 Å². The molecule has 0 aromatic heterocycles. The molecule has 0 aromatic rings. The van der Waals surface area contributed by atoms with Crippen LogP contribution in [0.3, 0.4) is 0 Å². The Morgan fingerprint density at radius 2 is 2.29 bits per heavy atom. The van der Waals surface area contributed by atoms with Gasteiger partial charge >= 0.3 is 0 Å². The summed E-state index contributed by atoms with van der Waals surface area (Å²) in [5.74, 6) is 2.95. The molecule has 78 valence electrons. The zero-order valence-electron chi connectivity index (χ0n) is 8.61. The fraction of sp³-hybridized carbons (Fsp3) is 0.909. The van der Waals surface area contributed by atoms with Crippen LogP contribution in [0.5, 0.6) is 0 Å². The molecule has 14 heavy (non-hydrogen) atoms. The van der Waals surface area contributed by atoms with Gasteiger partial charge in [-0.3, -0.25) is 0 Å². The third kappa shape index (κ3) is 1.07. The number of nitrogens with zero attached hydrogens (tertiary/aromatic N) is 1. The molecule has 0 radical (unpaired) electrons. The van der Waals surface area contributed by atoms with E-state index in [-0.39, 0.29) is 0 Å². The third-order valence-corrected chi connectivity index (χ3v) is 3.84. The number of rotatable bonds is 2. The standard InChI is InChI=1S/C11H17NO2/c1-2-5-13-11-9-7-3-4-8(6-7)10(9)14-12-11/h7-10H,2-6H2,1H3. The van der Waals surface area contributed by atoms with Crippen LogP contribution in [-0.2, 0) is 9.57 Å². The summed E-state index contributed by atoms with van der Waals surface area (Å²) in [5.41, 5.74) is 0. The van der Waals surface area contributed by atoms with Crippen LogP contribution in [0.15, 0.2) is 5.16 Å². The summed E-state index contributed by atoms with van der Waals surface area (Å²) in [6.07, 6.45) is 5.43. The highest BCUT2D eigenvalue weighted by molar-refractivity contribution is 5.81. The minimum Gasteiger partial charge on any atom is -0.478 e. The Morgan fingerprint density at radius 1 is 1.43 bits per heavy atom. The van der Waals surface area contributed by atoms with Gasteiger partial charge in [-0.05, 0) is 37.5 Å². The molecular formula is C11H17NO2. The van der Waals surface area contributed by atoms with E-state index in [0.29, 0.717) is 12.0 Å². The smallest absolute Gasteiger partial charge is 0.232 e. The number of hydrogen-bond acceptors (Lipinski definition) is 3. The van der Waals surface area contributed by atoms with Crippen LogP contribution in [0.4, 0.5) is 0 Å². The van der Waals surface area contributed by atoms with Gasteiger partial charge in [0.1, 0.15) is 6.10 Å². The van der Waals surface area contributed by atoms with Gasteiger partial charge in [0, 0.05) is 0 Å². The van der Waals surface area contributed by atoms with Crippen molar-refractivity contribution < 1.29 is 9.57 Å². The molecule has 4 atom stereocenters. The van der Waals surface area contributed by atoms with Crippen LogP contribution in [0.1, 0.15) is 32.6 Å². The first-order valence-corrected chi connectivity index (χ1v) is 5.76. The molecule has 1 heterocycles. The maximum absolute atomic E-state index is 5.64. The molecule has 0 aromatic carbocycles. The van der Waals surface area contributed by atoms with Crippen LogP contribution in [0.2, 0.25) is 0 Å². The maximum atomic E-state index is 5.64. The van der Waals surface area contributed by atoms with E-state index in [0.717, 1.165) is 30.8 Å². The van der Waals surface area contributed by atoms with Crippen molar-refractivity contribution in [3.05, 3.63) is 0 Å². The fourth-order valence-electron chi connectivity index (χ4n) is 3.24. The van der Waals surface area contributed by atoms with Crippen molar-refractivity contribution in [1.29, 1.82) is 0 Å². The first-order valence-electron chi connectivity index (χ1n) is 5.76. The Morgan fingerprint density at radius 3 is 3.14 bits per heavy atom. The quantitative estimate of drug-likeness (QED) is 0.676. The molecule has 3 nitrogen and oxygen atoms in total. The molecule has 2 saturated carbocycles. The van der Waals surface area contributed by atoms with Crippen LogP contribution in [0.25, 0.3) is 0 Å². The van der Waals surface area contributed by atoms with E-state index in [1.54, 1.807) is 0 Å². The van der Waals surface area contributed by atoms with E-state index in [2.05, 4.69) is 12.1 Å². The lowest BCUT2D eigenvalue weighted by molar-refractivity contribution is 0.0274. The molecule has 3 heteroatoms. The van der Waals surface area contributed by atoms with Gasteiger partial charge in [-0.15, -0.1) is 0 Å². The van der Waals surface area contributed by atoms with E-state index in [4.69, 9.17) is 9.57 Å². The topological polar surface area (TPSA) is 30.8 Å². The van der Waals surface area contributed by atoms with Crippen molar-refractivity contribution in [2.24, 2.45) is 22.9 Å². The van der Waals surface area contributed by atoms with Gasteiger partial charge in [-0.1, -0.05) is 12.1 Å². The Balaban J connectivity index is 1.71. The summed E-state index contributed by atoms with van der Waals surface area (Å²) in [7, 11) is 0. The van der Waals surface area contributed by atoms with E-state index in [9.17, 15) is 0 Å². The minimum atomic E-state index is 0.362.